The number of ether oxygens (including phenoxy) is 1. The molecule has 2 aromatic carbocycles. The van der Waals surface area contributed by atoms with Crippen molar-refractivity contribution in [3.63, 3.8) is 0 Å². The van der Waals surface area contributed by atoms with Crippen molar-refractivity contribution in [1.29, 1.82) is 0 Å². The van der Waals surface area contributed by atoms with Gasteiger partial charge in [0, 0.05) is 23.2 Å². The van der Waals surface area contributed by atoms with E-state index in [2.05, 4.69) is 77.3 Å². The van der Waals surface area contributed by atoms with Gasteiger partial charge in [0.2, 0.25) is 5.88 Å². The minimum absolute atomic E-state index is 0. The normalized spacial score (nSPS) is 17.6. The van der Waals surface area contributed by atoms with Crippen LogP contribution in [-0.2, 0) is 13.1 Å². The van der Waals surface area contributed by atoms with E-state index in [1.807, 2.05) is 6.07 Å². The molecule has 0 saturated carbocycles. The first-order chi connectivity index (χ1) is 14.6. The number of fused-ring (bicyclic) bond motifs is 4. The number of aryl methyl sites for hydroxylation is 3. The quantitative estimate of drug-likeness (QED) is 0.372. The van der Waals surface area contributed by atoms with Crippen molar-refractivity contribution in [3.8, 4) is 5.75 Å². The monoisotopic (exact) mass is 547 g/mol. The van der Waals surface area contributed by atoms with Gasteiger partial charge in [-0.15, -0.1) is 0 Å². The number of benzene rings is 2. The van der Waals surface area contributed by atoms with Crippen LogP contribution >= 0.6 is 11.6 Å². The number of allylic oxidation sites excluding steroid dienone is 3. The van der Waals surface area contributed by atoms with Crippen LogP contribution < -0.4 is 38.2 Å². The lowest BCUT2D eigenvalue weighted by Crippen LogP contribution is -3.00. The second-order valence-electron chi connectivity index (χ2n) is 7.97. The number of imidazole rings is 1. The van der Waals surface area contributed by atoms with Gasteiger partial charge in [0.1, 0.15) is 0 Å². The number of anilines is 1. The van der Waals surface area contributed by atoms with Crippen LogP contribution in [0, 0.1) is 6.92 Å². The highest BCUT2D eigenvalue weighted by molar-refractivity contribution is 6.31. The summed E-state index contributed by atoms with van der Waals surface area (Å²) in [5, 5.41) is 0.784. The van der Waals surface area contributed by atoms with Crippen LogP contribution in [-0.4, -0.2) is 11.1 Å². The molecule has 0 saturated heterocycles. The average Bonchev–Trinajstić information content (AvgIpc) is 3.26. The summed E-state index contributed by atoms with van der Waals surface area (Å²) >= 11 is 6.31. The summed E-state index contributed by atoms with van der Waals surface area (Å²) in [6.07, 6.45) is 6.57. The van der Waals surface area contributed by atoms with Crippen LogP contribution in [0.15, 0.2) is 54.4 Å². The van der Waals surface area contributed by atoms with Gasteiger partial charge in [-0.3, -0.25) is 0 Å². The second kappa shape index (κ2) is 8.87. The molecule has 0 amide bonds. The summed E-state index contributed by atoms with van der Waals surface area (Å²) in [5.74, 6) is 3.11. The Bertz CT molecular complexity index is 1210. The van der Waals surface area contributed by atoms with E-state index < -0.39 is 0 Å². The number of aromatic nitrogens is 2. The van der Waals surface area contributed by atoms with Crippen molar-refractivity contribution in [3.05, 3.63) is 70.8 Å². The molecule has 3 heterocycles. The van der Waals surface area contributed by atoms with Crippen LogP contribution in [0.5, 0.6) is 5.75 Å². The molecule has 0 fully saturated rings. The predicted molar refractivity (Wildman–Crippen MR) is 123 cm³/mol. The van der Waals surface area contributed by atoms with E-state index in [0.717, 1.165) is 54.8 Å². The summed E-state index contributed by atoms with van der Waals surface area (Å²) in [4.78, 5) is 2.24. The summed E-state index contributed by atoms with van der Waals surface area (Å²) in [7, 11) is 0. The summed E-state index contributed by atoms with van der Waals surface area (Å²) in [5.41, 5.74) is 6.20. The van der Waals surface area contributed by atoms with E-state index in [0.29, 0.717) is 0 Å². The molecule has 2 aliphatic heterocycles. The molecule has 0 spiro atoms. The molecule has 6 heteroatoms. The summed E-state index contributed by atoms with van der Waals surface area (Å²) in [6.45, 7) is 9.30. The second-order valence-corrected chi connectivity index (χ2v) is 8.41. The molecule has 3 aromatic rings. The summed E-state index contributed by atoms with van der Waals surface area (Å²) in [6, 6.07) is 12.6. The Hall–Kier alpha value is -1.99. The van der Waals surface area contributed by atoms with Crippen LogP contribution in [0.3, 0.4) is 0 Å². The van der Waals surface area contributed by atoms with Gasteiger partial charge in [0.15, 0.2) is 16.8 Å². The molecule has 5 rings (SSSR count). The first kappa shape index (κ1) is 22.2. The lowest BCUT2D eigenvalue weighted by molar-refractivity contribution is -0.678. The topological polar surface area (TPSA) is 21.3 Å². The fourth-order valence-corrected chi connectivity index (χ4v) is 4.90. The third-order valence-electron chi connectivity index (χ3n) is 6.09. The van der Waals surface area contributed by atoms with Gasteiger partial charge < -0.3 is 33.6 Å². The molecule has 0 unspecified atom stereocenters. The third-order valence-corrected chi connectivity index (χ3v) is 6.33. The van der Waals surface area contributed by atoms with Crippen molar-refractivity contribution < 1.29 is 33.3 Å². The highest BCUT2D eigenvalue weighted by atomic mass is 127. The molecule has 1 aromatic heterocycles. The first-order valence-corrected chi connectivity index (χ1v) is 11.2. The van der Waals surface area contributed by atoms with Gasteiger partial charge >= 0.3 is 0 Å². The average molecular weight is 548 g/mol. The number of hydrogen-bond acceptors (Lipinski definition) is 2. The van der Waals surface area contributed by atoms with E-state index >= 15 is 0 Å². The number of nitrogens with zero attached hydrogens (tertiary/aromatic N) is 3. The Morgan fingerprint density at radius 2 is 1.94 bits per heavy atom. The highest BCUT2D eigenvalue weighted by Crippen LogP contribution is 2.39. The molecule has 0 aliphatic carbocycles. The molecular formula is C25H27ClIN3O. The number of rotatable bonds is 3. The van der Waals surface area contributed by atoms with Gasteiger partial charge in [-0.1, -0.05) is 17.7 Å². The molecule has 162 valence electrons. The van der Waals surface area contributed by atoms with Crippen molar-refractivity contribution in [2.24, 2.45) is 0 Å². The Kier molecular flexibility index (Phi) is 6.35. The van der Waals surface area contributed by atoms with Crippen LogP contribution in [0.25, 0.3) is 16.6 Å². The Balaban J connectivity index is 0.00000231. The molecule has 0 radical (unpaired) electrons. The molecule has 4 nitrogen and oxygen atoms in total. The lowest BCUT2D eigenvalue weighted by atomic mass is 10.1. The first-order valence-electron chi connectivity index (χ1n) is 10.8. The third kappa shape index (κ3) is 3.76. The fraction of sp³-hybridized carbons (Fsp3) is 0.320. The van der Waals surface area contributed by atoms with Crippen molar-refractivity contribution >= 4 is 33.9 Å². The zero-order chi connectivity index (χ0) is 20.8. The zero-order valence-electron chi connectivity index (χ0n) is 18.2. The highest BCUT2D eigenvalue weighted by Gasteiger charge is 2.30. The van der Waals surface area contributed by atoms with E-state index in [-0.39, 0.29) is 24.0 Å². The standard InChI is InChI=1S/C25H27ClN3O.HI/c1-4-27-22-15-17(3)8-12-23(22)30-24(27)13-9-18-7-6-14-29-20-11-10-19(26)16-21(20)28(5-2)25(18)29;/h8-13,15-16H,4-7,14H2,1-3H3;1H/q+1;/p-1. The molecule has 0 atom stereocenters. The van der Waals surface area contributed by atoms with Crippen molar-refractivity contribution in [2.45, 2.75) is 46.7 Å². The molecule has 31 heavy (non-hydrogen) atoms. The maximum Gasteiger partial charge on any atom is 0.285 e. The van der Waals surface area contributed by atoms with Crippen LogP contribution in [0.4, 0.5) is 5.69 Å². The minimum atomic E-state index is 0. The molecular weight excluding hydrogens is 521 g/mol. The van der Waals surface area contributed by atoms with Gasteiger partial charge in [-0.2, -0.15) is 0 Å². The largest absolute Gasteiger partial charge is 1.00 e. The lowest BCUT2D eigenvalue weighted by Gasteiger charge is -2.16. The fourth-order valence-electron chi connectivity index (χ4n) is 4.74. The summed E-state index contributed by atoms with van der Waals surface area (Å²) < 4.78 is 11.0. The molecule has 2 aliphatic rings. The van der Waals surface area contributed by atoms with Gasteiger partial charge in [-0.25, -0.2) is 9.13 Å². The maximum atomic E-state index is 6.31. The smallest absolute Gasteiger partial charge is 0.285 e. The minimum Gasteiger partial charge on any atom is -1.00 e. The SMILES string of the molecule is CCN1C(=CC=C2CCC[n+]3c2n(CC)c2cc(Cl)ccc23)Oc2ccc(C)cc21.[I-]. The van der Waals surface area contributed by atoms with Gasteiger partial charge in [0.25, 0.3) is 5.82 Å². The Labute approximate surface area is 205 Å². The molecule has 0 bridgehead atoms. The van der Waals surface area contributed by atoms with Gasteiger partial charge in [-0.05, 0) is 75.6 Å². The predicted octanol–water partition coefficient (Wildman–Crippen LogP) is 2.85. The molecule has 0 N–H and O–H groups in total. The van der Waals surface area contributed by atoms with Crippen LogP contribution in [0.2, 0.25) is 5.02 Å². The zero-order valence-corrected chi connectivity index (χ0v) is 21.1. The van der Waals surface area contributed by atoms with Crippen LogP contribution in [0.1, 0.15) is 38.1 Å². The van der Waals surface area contributed by atoms with Crippen molar-refractivity contribution in [2.75, 3.05) is 11.4 Å². The Morgan fingerprint density at radius 3 is 2.71 bits per heavy atom. The maximum absolute atomic E-state index is 6.31. The van der Waals surface area contributed by atoms with E-state index in [9.17, 15) is 0 Å². The van der Waals surface area contributed by atoms with Crippen molar-refractivity contribution in [1.82, 2.24) is 4.57 Å². The number of halogens is 2. The Morgan fingerprint density at radius 1 is 1.10 bits per heavy atom. The van der Waals surface area contributed by atoms with Gasteiger partial charge in [0.05, 0.1) is 18.8 Å². The van der Waals surface area contributed by atoms with E-state index in [1.54, 1.807) is 0 Å². The van der Waals surface area contributed by atoms with E-state index in [1.165, 1.54) is 28.0 Å². The number of hydrogen-bond donors (Lipinski definition) is 0. The van der Waals surface area contributed by atoms with E-state index in [4.69, 9.17) is 16.3 Å².